The first-order valence-electron chi connectivity index (χ1n) is 4.35. The molecule has 3 N–H and O–H groups in total. The quantitative estimate of drug-likeness (QED) is 0.578. The summed E-state index contributed by atoms with van der Waals surface area (Å²) in [5.74, 6) is 2.14. The van der Waals surface area contributed by atoms with Gasteiger partial charge in [-0.15, -0.1) is 0 Å². The Labute approximate surface area is 78.5 Å². The normalized spacial score (nSPS) is 9.83. The number of carbonyl (C=O) groups is 1. The van der Waals surface area contributed by atoms with Crippen molar-refractivity contribution in [2.75, 3.05) is 24.6 Å². The highest BCUT2D eigenvalue weighted by atomic mass is 32.2. The first-order valence-corrected chi connectivity index (χ1v) is 5.51. The summed E-state index contributed by atoms with van der Waals surface area (Å²) in [4.78, 5) is 11.0. The van der Waals surface area contributed by atoms with E-state index < -0.39 is 0 Å². The third-order valence-electron chi connectivity index (χ3n) is 1.38. The molecule has 0 aliphatic rings. The van der Waals surface area contributed by atoms with Crippen molar-refractivity contribution in [1.29, 1.82) is 0 Å². The summed E-state index contributed by atoms with van der Waals surface area (Å²) in [5.41, 5.74) is 5.28. The van der Waals surface area contributed by atoms with Gasteiger partial charge in [-0.2, -0.15) is 11.8 Å². The van der Waals surface area contributed by atoms with Crippen LogP contribution in [0.3, 0.4) is 0 Å². The monoisotopic (exact) mass is 190 g/mol. The van der Waals surface area contributed by atoms with E-state index in [2.05, 4.69) is 12.2 Å². The Balaban J connectivity index is 3.10. The smallest absolute Gasteiger partial charge is 0.220 e. The third-order valence-corrected chi connectivity index (χ3v) is 2.28. The van der Waals surface area contributed by atoms with Gasteiger partial charge in [-0.1, -0.05) is 6.92 Å². The highest BCUT2D eigenvalue weighted by Gasteiger charge is 1.98. The Bertz CT molecular complexity index is 108. The zero-order valence-corrected chi connectivity index (χ0v) is 8.45. The predicted octanol–water partition coefficient (Wildman–Crippen LogP) is 0.595. The van der Waals surface area contributed by atoms with Crippen LogP contribution in [0.5, 0.6) is 0 Å². The molecule has 12 heavy (non-hydrogen) atoms. The zero-order valence-electron chi connectivity index (χ0n) is 7.64. The van der Waals surface area contributed by atoms with Crippen molar-refractivity contribution in [2.45, 2.75) is 19.8 Å². The molecule has 0 unspecified atom stereocenters. The van der Waals surface area contributed by atoms with Crippen LogP contribution < -0.4 is 11.1 Å². The van der Waals surface area contributed by atoms with E-state index >= 15 is 0 Å². The maximum absolute atomic E-state index is 11.0. The molecule has 0 spiro atoms. The van der Waals surface area contributed by atoms with Gasteiger partial charge in [0.1, 0.15) is 0 Å². The van der Waals surface area contributed by atoms with Gasteiger partial charge in [0.25, 0.3) is 0 Å². The zero-order chi connectivity index (χ0) is 9.23. The minimum atomic E-state index is 0.143. The van der Waals surface area contributed by atoms with Gasteiger partial charge in [-0.25, -0.2) is 0 Å². The SMILES string of the molecule is CCSCCC(=O)NCCCN. The van der Waals surface area contributed by atoms with Crippen LogP contribution in [0.4, 0.5) is 0 Å². The fourth-order valence-electron chi connectivity index (χ4n) is 0.727. The lowest BCUT2D eigenvalue weighted by atomic mass is 10.4. The molecule has 72 valence electrons. The summed E-state index contributed by atoms with van der Waals surface area (Å²) in [6, 6.07) is 0. The van der Waals surface area contributed by atoms with Crippen LogP contribution in [0.25, 0.3) is 0 Å². The molecule has 0 saturated heterocycles. The summed E-state index contributed by atoms with van der Waals surface area (Å²) >= 11 is 1.79. The molecule has 0 aromatic heterocycles. The Morgan fingerprint density at radius 1 is 1.58 bits per heavy atom. The van der Waals surface area contributed by atoms with E-state index in [0.717, 1.165) is 17.9 Å². The van der Waals surface area contributed by atoms with Crippen LogP contribution >= 0.6 is 11.8 Å². The van der Waals surface area contributed by atoms with Crippen LogP contribution in [-0.4, -0.2) is 30.5 Å². The van der Waals surface area contributed by atoms with E-state index in [9.17, 15) is 4.79 Å². The maximum Gasteiger partial charge on any atom is 0.220 e. The number of hydrogen-bond donors (Lipinski definition) is 2. The molecule has 0 saturated carbocycles. The van der Waals surface area contributed by atoms with E-state index in [1.54, 1.807) is 11.8 Å². The van der Waals surface area contributed by atoms with Crippen LogP contribution in [0.2, 0.25) is 0 Å². The minimum absolute atomic E-state index is 0.143. The van der Waals surface area contributed by atoms with Gasteiger partial charge in [0, 0.05) is 18.7 Å². The van der Waals surface area contributed by atoms with E-state index in [1.165, 1.54) is 0 Å². The number of nitrogens with two attached hydrogens (primary N) is 1. The fraction of sp³-hybridized carbons (Fsp3) is 0.875. The molecule has 0 radical (unpaired) electrons. The van der Waals surface area contributed by atoms with Crippen molar-refractivity contribution >= 4 is 17.7 Å². The summed E-state index contributed by atoms with van der Waals surface area (Å²) in [7, 11) is 0. The molecule has 0 atom stereocenters. The van der Waals surface area contributed by atoms with Crippen molar-refractivity contribution in [3.63, 3.8) is 0 Å². The van der Waals surface area contributed by atoms with Crippen molar-refractivity contribution in [3.8, 4) is 0 Å². The third kappa shape index (κ3) is 7.88. The number of carbonyl (C=O) groups excluding carboxylic acids is 1. The van der Waals surface area contributed by atoms with Gasteiger partial charge in [-0.3, -0.25) is 4.79 Å². The standard InChI is InChI=1S/C8H18N2OS/c1-2-12-7-4-8(11)10-6-3-5-9/h2-7,9H2,1H3,(H,10,11). The predicted molar refractivity (Wildman–Crippen MR) is 54.3 cm³/mol. The molecule has 0 fully saturated rings. The molecule has 4 heteroatoms. The number of amides is 1. The van der Waals surface area contributed by atoms with Gasteiger partial charge in [0.2, 0.25) is 5.91 Å². The summed E-state index contributed by atoms with van der Waals surface area (Å²) in [6.07, 6.45) is 1.50. The number of thioether (sulfide) groups is 1. The Morgan fingerprint density at radius 2 is 2.33 bits per heavy atom. The van der Waals surface area contributed by atoms with Crippen molar-refractivity contribution in [1.82, 2.24) is 5.32 Å². The van der Waals surface area contributed by atoms with Crippen LogP contribution in [0.15, 0.2) is 0 Å². The topological polar surface area (TPSA) is 55.1 Å². The van der Waals surface area contributed by atoms with Crippen LogP contribution in [0.1, 0.15) is 19.8 Å². The molecule has 3 nitrogen and oxygen atoms in total. The van der Waals surface area contributed by atoms with Crippen molar-refractivity contribution < 1.29 is 4.79 Å². The van der Waals surface area contributed by atoms with Crippen LogP contribution in [0, 0.1) is 0 Å². The van der Waals surface area contributed by atoms with Crippen molar-refractivity contribution in [3.05, 3.63) is 0 Å². The lowest BCUT2D eigenvalue weighted by Gasteiger charge is -2.02. The van der Waals surface area contributed by atoms with Gasteiger partial charge in [-0.05, 0) is 18.7 Å². The Morgan fingerprint density at radius 3 is 2.92 bits per heavy atom. The van der Waals surface area contributed by atoms with Gasteiger partial charge in [0.05, 0.1) is 0 Å². The first-order chi connectivity index (χ1) is 5.81. The minimum Gasteiger partial charge on any atom is -0.356 e. The molecule has 0 aliphatic carbocycles. The summed E-state index contributed by atoms with van der Waals surface area (Å²) < 4.78 is 0. The van der Waals surface area contributed by atoms with E-state index in [-0.39, 0.29) is 5.91 Å². The first kappa shape index (κ1) is 11.8. The molecule has 0 rings (SSSR count). The van der Waals surface area contributed by atoms with Crippen LogP contribution in [-0.2, 0) is 4.79 Å². The van der Waals surface area contributed by atoms with E-state index in [1.807, 2.05) is 0 Å². The second-order valence-electron chi connectivity index (χ2n) is 2.44. The molecule has 1 amide bonds. The number of nitrogens with one attached hydrogen (secondary N) is 1. The van der Waals surface area contributed by atoms with E-state index in [0.29, 0.717) is 19.5 Å². The second kappa shape index (κ2) is 8.87. The lowest BCUT2D eigenvalue weighted by molar-refractivity contribution is -0.120. The Hall–Kier alpha value is -0.220. The second-order valence-corrected chi connectivity index (χ2v) is 3.83. The molecule has 0 aromatic rings. The molecule has 0 bridgehead atoms. The highest BCUT2D eigenvalue weighted by molar-refractivity contribution is 7.99. The maximum atomic E-state index is 11.0. The highest BCUT2D eigenvalue weighted by Crippen LogP contribution is 1.99. The molecule has 0 aliphatic heterocycles. The summed E-state index contributed by atoms with van der Waals surface area (Å²) in [6.45, 7) is 3.45. The Kier molecular flexibility index (Phi) is 8.71. The molecule has 0 aromatic carbocycles. The molecular weight excluding hydrogens is 172 g/mol. The number of rotatable bonds is 7. The van der Waals surface area contributed by atoms with E-state index in [4.69, 9.17) is 5.73 Å². The molecular formula is C8H18N2OS. The van der Waals surface area contributed by atoms with Crippen molar-refractivity contribution in [2.24, 2.45) is 5.73 Å². The average molecular weight is 190 g/mol. The lowest BCUT2D eigenvalue weighted by Crippen LogP contribution is -2.26. The fourth-order valence-corrected chi connectivity index (χ4v) is 1.35. The van der Waals surface area contributed by atoms with Gasteiger partial charge < -0.3 is 11.1 Å². The van der Waals surface area contributed by atoms with Gasteiger partial charge in [0.15, 0.2) is 0 Å². The number of hydrogen-bond acceptors (Lipinski definition) is 3. The summed E-state index contributed by atoms with van der Waals surface area (Å²) in [5, 5.41) is 2.81. The molecule has 0 heterocycles. The van der Waals surface area contributed by atoms with Gasteiger partial charge >= 0.3 is 0 Å². The average Bonchev–Trinajstić information content (AvgIpc) is 2.06. The largest absolute Gasteiger partial charge is 0.356 e.